The molecule has 226 valence electrons. The van der Waals surface area contributed by atoms with E-state index >= 15 is 0 Å². The van der Waals surface area contributed by atoms with Gasteiger partial charge < -0.3 is 37.2 Å². The van der Waals surface area contributed by atoms with Crippen molar-refractivity contribution in [2.75, 3.05) is 18.8 Å². The number of β-amino-alcohol motifs (C(OH)–C–C–N with tert-alkyl or cyclic N) is 1. The van der Waals surface area contributed by atoms with Crippen LogP contribution in [0.4, 0.5) is 0 Å². The van der Waals surface area contributed by atoms with Gasteiger partial charge in [0, 0.05) is 24.2 Å². The maximum Gasteiger partial charge on any atom is 0.394 e. The molecule has 12 N–H and O–H groups in total. The summed E-state index contributed by atoms with van der Waals surface area (Å²) < 4.78 is 58.9. The fourth-order valence-corrected chi connectivity index (χ4v) is 2.52. The summed E-state index contributed by atoms with van der Waals surface area (Å²) in [5.41, 5.74) is 11.0. The number of carbonyl (C=O) groups is 1. The van der Waals surface area contributed by atoms with Gasteiger partial charge in [0.25, 0.3) is 10.1 Å². The van der Waals surface area contributed by atoms with Crippen LogP contribution in [0.5, 0.6) is 5.75 Å². The Kier molecular flexibility index (Phi) is 20.5. The van der Waals surface area contributed by atoms with Crippen molar-refractivity contribution in [2.24, 2.45) is 17.4 Å². The van der Waals surface area contributed by atoms with E-state index in [2.05, 4.69) is 5.32 Å². The first kappa shape index (κ1) is 40.6. The van der Waals surface area contributed by atoms with E-state index in [1.54, 1.807) is 12.1 Å². The standard InChI is InChI=1S/C13H21NO3.C6H13NO2.C2H7NO3S.H2O4S/c1-13(2,3)14-7-12(17)9-4-5-11(16)10(6-9)8-15;1-4(2)3-5(7)6(8)9;3-1-2-7(4,5)6;1-5(2,3)4/h4-6,12,14-17H,7-8H2,1-3H3;4-5H,3,7H2,1-2H3,(H,8,9);1-3H2,(H,4,5,6);(H2,1,2,3,4)/t;5-;;/m.0../s1. The second-order valence-electron chi connectivity index (χ2n) is 9.29. The third-order valence-electron chi connectivity index (χ3n) is 3.90. The molecule has 1 aromatic rings. The van der Waals surface area contributed by atoms with Gasteiger partial charge in [-0.3, -0.25) is 18.5 Å². The highest BCUT2D eigenvalue weighted by atomic mass is 32.3. The van der Waals surface area contributed by atoms with Gasteiger partial charge in [0.2, 0.25) is 0 Å². The van der Waals surface area contributed by atoms with Gasteiger partial charge in [0.15, 0.2) is 0 Å². The van der Waals surface area contributed by atoms with E-state index in [4.69, 9.17) is 43.8 Å². The summed E-state index contributed by atoms with van der Waals surface area (Å²) in [6.45, 7) is 10.1. The topological polar surface area (TPSA) is 291 Å². The van der Waals surface area contributed by atoms with Crippen molar-refractivity contribution >= 4 is 26.5 Å². The summed E-state index contributed by atoms with van der Waals surface area (Å²) in [5.74, 6) is -0.862. The zero-order valence-electron chi connectivity index (χ0n) is 22.1. The molecule has 0 aliphatic heterocycles. The fraction of sp³-hybridized carbons (Fsp3) is 0.667. The van der Waals surface area contributed by atoms with Crippen molar-refractivity contribution in [3.05, 3.63) is 29.3 Å². The minimum Gasteiger partial charge on any atom is -0.508 e. The lowest BCUT2D eigenvalue weighted by Crippen LogP contribution is -2.38. The number of nitrogens with one attached hydrogen (secondary N) is 1. The van der Waals surface area contributed by atoms with E-state index in [9.17, 15) is 23.4 Å². The van der Waals surface area contributed by atoms with E-state index < -0.39 is 38.6 Å². The van der Waals surface area contributed by atoms with Gasteiger partial charge in [-0.25, -0.2) is 0 Å². The smallest absolute Gasteiger partial charge is 0.394 e. The van der Waals surface area contributed by atoms with Crippen molar-refractivity contribution in [3.8, 4) is 5.75 Å². The molecule has 0 spiro atoms. The number of hydrogen-bond acceptors (Lipinski definition) is 11. The monoisotopic (exact) mass is 593 g/mol. The van der Waals surface area contributed by atoms with Crippen molar-refractivity contribution in [2.45, 2.75) is 65.3 Å². The van der Waals surface area contributed by atoms with Gasteiger partial charge >= 0.3 is 16.4 Å². The number of carboxylic acid groups (broad SMARTS) is 1. The second kappa shape index (κ2) is 19.2. The number of nitrogens with two attached hydrogens (primary N) is 2. The number of rotatable bonds is 9. The third-order valence-corrected chi connectivity index (χ3v) is 4.65. The zero-order valence-corrected chi connectivity index (χ0v) is 23.8. The first-order chi connectivity index (χ1) is 16.9. The van der Waals surface area contributed by atoms with Crippen LogP contribution in [0.2, 0.25) is 0 Å². The van der Waals surface area contributed by atoms with Crippen LogP contribution in [0.1, 0.15) is 58.3 Å². The molecule has 0 heterocycles. The number of aromatic hydroxyl groups is 1. The van der Waals surface area contributed by atoms with Gasteiger partial charge in [-0.1, -0.05) is 19.9 Å². The van der Waals surface area contributed by atoms with Crippen molar-refractivity contribution in [3.63, 3.8) is 0 Å². The lowest BCUT2D eigenvalue weighted by Gasteiger charge is -2.23. The van der Waals surface area contributed by atoms with Crippen molar-refractivity contribution in [1.82, 2.24) is 5.32 Å². The highest BCUT2D eigenvalue weighted by Gasteiger charge is 2.15. The third kappa shape index (κ3) is 30.3. The lowest BCUT2D eigenvalue weighted by atomic mass is 10.0. The molecule has 1 unspecified atom stereocenters. The van der Waals surface area contributed by atoms with E-state index in [-0.39, 0.29) is 30.2 Å². The van der Waals surface area contributed by atoms with Crippen molar-refractivity contribution in [1.29, 1.82) is 0 Å². The molecule has 0 fully saturated rings. The molecule has 17 heteroatoms. The Morgan fingerprint density at radius 2 is 1.55 bits per heavy atom. The quantitative estimate of drug-likeness (QED) is 0.168. The van der Waals surface area contributed by atoms with E-state index in [1.165, 1.54) is 6.07 Å². The first-order valence-corrected chi connectivity index (χ1v) is 14.1. The summed E-state index contributed by atoms with van der Waals surface area (Å²) in [4.78, 5) is 10.1. The number of carboxylic acids is 1. The predicted octanol–water partition coefficient (Wildman–Crippen LogP) is -0.0695. The predicted molar refractivity (Wildman–Crippen MR) is 141 cm³/mol. The molecule has 38 heavy (non-hydrogen) atoms. The van der Waals surface area contributed by atoms with Gasteiger partial charge in [0.05, 0.1) is 18.5 Å². The van der Waals surface area contributed by atoms with Crippen LogP contribution in [-0.2, 0) is 31.9 Å². The Morgan fingerprint density at radius 3 is 1.82 bits per heavy atom. The normalized spacial score (nSPS) is 13.1. The number of hydrogen-bond donors (Lipinski definition) is 10. The Labute approximate surface area is 224 Å². The van der Waals surface area contributed by atoms with Gasteiger partial charge in [0.1, 0.15) is 11.8 Å². The molecule has 0 bridgehead atoms. The SMILES string of the molecule is CC(C)(C)NCC(O)c1ccc(O)c(CO)c1.CC(C)C[C@H](N)C(=O)O.NCCS(=O)(=O)O.O=S(=O)(O)O. The second-order valence-corrected chi connectivity index (χ2v) is 11.8. The molecule has 1 rings (SSSR count). The fourth-order valence-electron chi connectivity index (χ4n) is 2.22. The Balaban J connectivity index is -0.000000490. The van der Waals surface area contributed by atoms with Crippen LogP contribution in [-0.4, -0.2) is 87.3 Å². The Bertz CT molecular complexity index is 1000. The summed E-state index contributed by atoms with van der Waals surface area (Å²) in [6, 6.07) is 4.07. The van der Waals surface area contributed by atoms with Gasteiger partial charge in [-0.05, 0) is 50.8 Å². The molecule has 0 amide bonds. The number of benzene rings is 1. The Hall–Kier alpha value is -1.93. The van der Waals surface area contributed by atoms with Crippen LogP contribution in [0, 0.1) is 5.92 Å². The van der Waals surface area contributed by atoms with E-state index in [0.717, 1.165) is 0 Å². The highest BCUT2D eigenvalue weighted by molar-refractivity contribution is 7.85. The lowest BCUT2D eigenvalue weighted by molar-refractivity contribution is -0.138. The molecule has 0 saturated carbocycles. The maximum atomic E-state index is 10.1. The van der Waals surface area contributed by atoms with Crippen LogP contribution in [0.3, 0.4) is 0 Å². The molecule has 0 radical (unpaired) electrons. The van der Waals surface area contributed by atoms with Crippen molar-refractivity contribution < 1.29 is 55.7 Å². The minimum absolute atomic E-state index is 0.0289. The maximum absolute atomic E-state index is 10.1. The number of aliphatic hydroxyl groups is 2. The molecule has 2 atom stereocenters. The first-order valence-electron chi connectivity index (χ1n) is 11.1. The minimum atomic E-state index is -4.67. The molecule has 0 aliphatic carbocycles. The molecular weight excluding hydrogens is 550 g/mol. The number of aliphatic hydroxyl groups excluding tert-OH is 2. The molecule has 0 aromatic heterocycles. The Morgan fingerprint density at radius 1 is 1.08 bits per heavy atom. The van der Waals surface area contributed by atoms with E-state index in [1.807, 2.05) is 34.6 Å². The van der Waals surface area contributed by atoms with E-state index in [0.29, 0.717) is 30.0 Å². The summed E-state index contributed by atoms with van der Waals surface area (Å²) >= 11 is 0. The van der Waals surface area contributed by atoms with Crippen LogP contribution in [0.15, 0.2) is 18.2 Å². The number of aliphatic carboxylic acids is 1. The van der Waals surface area contributed by atoms with Gasteiger partial charge in [-0.15, -0.1) is 0 Å². The van der Waals surface area contributed by atoms with Crippen LogP contribution in [0.25, 0.3) is 0 Å². The molecule has 1 aromatic carbocycles. The molecular formula is C21H43N3O12S2. The van der Waals surface area contributed by atoms with Crippen LogP contribution < -0.4 is 16.8 Å². The highest BCUT2D eigenvalue weighted by Crippen LogP contribution is 2.22. The summed E-state index contributed by atoms with van der Waals surface area (Å²) in [5, 5.41) is 39.9. The average Bonchev–Trinajstić information content (AvgIpc) is 2.70. The molecule has 0 aliphatic rings. The van der Waals surface area contributed by atoms with Crippen LogP contribution >= 0.6 is 0 Å². The number of phenols is 1. The molecule has 0 saturated heterocycles. The zero-order chi connectivity index (χ0) is 30.9. The summed E-state index contributed by atoms with van der Waals surface area (Å²) in [7, 11) is -8.47. The summed E-state index contributed by atoms with van der Waals surface area (Å²) in [6.07, 6.45) is -0.102. The van der Waals surface area contributed by atoms with Gasteiger partial charge in [-0.2, -0.15) is 16.8 Å². The average molecular weight is 594 g/mol. The largest absolute Gasteiger partial charge is 0.508 e. The molecule has 15 nitrogen and oxygen atoms in total.